The monoisotopic (exact) mass is 375 g/mol. The number of hydrogen-bond acceptors (Lipinski definition) is 4. The van der Waals surface area contributed by atoms with E-state index in [0.29, 0.717) is 16.6 Å². The molecule has 0 spiro atoms. The van der Waals surface area contributed by atoms with Gasteiger partial charge in [0.1, 0.15) is 31.2 Å². The smallest absolute Gasteiger partial charge is 0.149 e. The standard InChI is InChI=1S/C18H15Cl2N3O2/c19-14-6-7-15(16(20)8-14)17-18(25-12-24-17,9-23-11-21-10-22-23)13-4-2-1-3-5-13/h1-8,10-11,17H,9,12H2. The molecule has 0 N–H and O–H groups in total. The number of rotatable bonds is 4. The predicted octanol–water partition coefficient (Wildman–Crippen LogP) is 4.23. The van der Waals surface area contributed by atoms with Gasteiger partial charge in [-0.2, -0.15) is 5.10 Å². The molecule has 25 heavy (non-hydrogen) atoms. The summed E-state index contributed by atoms with van der Waals surface area (Å²) < 4.78 is 13.9. The molecule has 5 nitrogen and oxygen atoms in total. The summed E-state index contributed by atoms with van der Waals surface area (Å²) in [5, 5.41) is 5.35. The van der Waals surface area contributed by atoms with Gasteiger partial charge in [-0.1, -0.05) is 59.6 Å². The zero-order chi connectivity index (χ0) is 17.3. The van der Waals surface area contributed by atoms with E-state index >= 15 is 0 Å². The molecule has 4 rings (SSSR count). The molecule has 2 heterocycles. The second-order valence-electron chi connectivity index (χ2n) is 5.82. The van der Waals surface area contributed by atoms with Gasteiger partial charge in [-0.25, -0.2) is 9.67 Å². The quantitative estimate of drug-likeness (QED) is 0.684. The van der Waals surface area contributed by atoms with Crippen LogP contribution in [0.2, 0.25) is 10.0 Å². The summed E-state index contributed by atoms with van der Waals surface area (Å²) in [4.78, 5) is 4.03. The van der Waals surface area contributed by atoms with E-state index in [2.05, 4.69) is 10.1 Å². The Labute approximate surface area is 155 Å². The molecule has 2 unspecified atom stereocenters. The molecule has 1 fully saturated rings. The Bertz CT molecular complexity index is 858. The average Bonchev–Trinajstić information content (AvgIpc) is 3.27. The van der Waals surface area contributed by atoms with Crippen molar-refractivity contribution in [2.75, 3.05) is 6.79 Å². The maximum atomic E-state index is 6.45. The molecule has 128 valence electrons. The largest absolute Gasteiger partial charge is 0.344 e. The van der Waals surface area contributed by atoms with Crippen LogP contribution in [-0.2, 0) is 21.6 Å². The molecule has 1 aliphatic rings. The van der Waals surface area contributed by atoms with Crippen LogP contribution in [0.25, 0.3) is 0 Å². The van der Waals surface area contributed by atoms with E-state index < -0.39 is 11.7 Å². The second-order valence-corrected chi connectivity index (χ2v) is 6.67. The summed E-state index contributed by atoms with van der Waals surface area (Å²) in [6.07, 6.45) is 2.76. The van der Waals surface area contributed by atoms with E-state index in [-0.39, 0.29) is 6.79 Å². The van der Waals surface area contributed by atoms with E-state index in [1.807, 2.05) is 36.4 Å². The molecular formula is C18H15Cl2N3O2. The number of halogens is 2. The zero-order valence-electron chi connectivity index (χ0n) is 13.2. The average molecular weight is 376 g/mol. The Morgan fingerprint density at radius 2 is 2.00 bits per heavy atom. The van der Waals surface area contributed by atoms with Crippen molar-refractivity contribution in [2.24, 2.45) is 0 Å². The Balaban J connectivity index is 1.84. The maximum absolute atomic E-state index is 6.45. The van der Waals surface area contributed by atoms with Crippen LogP contribution >= 0.6 is 23.2 Å². The number of benzene rings is 2. The van der Waals surface area contributed by atoms with Crippen molar-refractivity contribution in [1.29, 1.82) is 0 Å². The molecule has 0 aliphatic carbocycles. The van der Waals surface area contributed by atoms with E-state index in [1.54, 1.807) is 23.1 Å². The molecular weight excluding hydrogens is 361 g/mol. The molecule has 1 saturated heterocycles. The number of aromatic nitrogens is 3. The second kappa shape index (κ2) is 6.77. The fourth-order valence-corrected chi connectivity index (χ4v) is 3.71. The highest BCUT2D eigenvalue weighted by Crippen LogP contribution is 2.48. The van der Waals surface area contributed by atoms with E-state index in [0.717, 1.165) is 11.1 Å². The Kier molecular flexibility index (Phi) is 4.48. The van der Waals surface area contributed by atoms with Crippen molar-refractivity contribution in [3.8, 4) is 0 Å². The van der Waals surface area contributed by atoms with E-state index in [9.17, 15) is 0 Å². The molecule has 0 amide bonds. The third kappa shape index (κ3) is 3.04. The summed E-state index contributed by atoms with van der Waals surface area (Å²) >= 11 is 12.5. The lowest BCUT2D eigenvalue weighted by Crippen LogP contribution is -2.37. The summed E-state index contributed by atoms with van der Waals surface area (Å²) in [5.74, 6) is 0. The minimum absolute atomic E-state index is 0.160. The van der Waals surface area contributed by atoms with Crippen LogP contribution in [0.1, 0.15) is 17.2 Å². The Morgan fingerprint density at radius 3 is 2.72 bits per heavy atom. The van der Waals surface area contributed by atoms with Crippen LogP contribution in [-0.4, -0.2) is 21.6 Å². The SMILES string of the molecule is Clc1ccc(C2OCOC2(Cn2cncn2)c2ccccc2)c(Cl)c1. The molecule has 3 aromatic rings. The summed E-state index contributed by atoms with van der Waals surface area (Å²) in [6, 6.07) is 15.3. The topological polar surface area (TPSA) is 49.2 Å². The van der Waals surface area contributed by atoms with Crippen LogP contribution < -0.4 is 0 Å². The third-order valence-corrected chi connectivity index (χ3v) is 4.91. The fourth-order valence-electron chi connectivity index (χ4n) is 3.20. The molecule has 7 heteroatoms. The molecule has 1 aliphatic heterocycles. The normalized spacial score (nSPS) is 23.0. The predicted molar refractivity (Wildman–Crippen MR) is 94.4 cm³/mol. The van der Waals surface area contributed by atoms with Crippen molar-refractivity contribution in [1.82, 2.24) is 14.8 Å². The van der Waals surface area contributed by atoms with Crippen molar-refractivity contribution < 1.29 is 9.47 Å². The fraction of sp³-hybridized carbons (Fsp3) is 0.222. The van der Waals surface area contributed by atoms with E-state index in [4.69, 9.17) is 32.7 Å². The first-order valence-electron chi connectivity index (χ1n) is 7.77. The molecule has 0 saturated carbocycles. The highest BCUT2D eigenvalue weighted by Gasteiger charge is 2.49. The summed E-state index contributed by atoms with van der Waals surface area (Å²) in [7, 11) is 0. The lowest BCUT2D eigenvalue weighted by atomic mass is 9.84. The lowest BCUT2D eigenvalue weighted by Gasteiger charge is -2.33. The third-order valence-electron chi connectivity index (χ3n) is 4.35. The number of nitrogens with zero attached hydrogens (tertiary/aromatic N) is 3. The molecule has 1 aromatic heterocycles. The van der Waals surface area contributed by atoms with Crippen molar-refractivity contribution in [3.63, 3.8) is 0 Å². The minimum Gasteiger partial charge on any atom is -0.344 e. The van der Waals surface area contributed by atoms with Crippen molar-refractivity contribution in [3.05, 3.63) is 82.4 Å². The van der Waals surface area contributed by atoms with Gasteiger partial charge >= 0.3 is 0 Å². The van der Waals surface area contributed by atoms with Gasteiger partial charge < -0.3 is 9.47 Å². The van der Waals surface area contributed by atoms with Gasteiger partial charge in [0.15, 0.2) is 0 Å². The van der Waals surface area contributed by atoms with Crippen LogP contribution in [0.3, 0.4) is 0 Å². The zero-order valence-corrected chi connectivity index (χ0v) is 14.7. The first-order valence-corrected chi connectivity index (χ1v) is 8.53. The molecule has 0 radical (unpaired) electrons. The van der Waals surface area contributed by atoms with Gasteiger partial charge in [-0.3, -0.25) is 0 Å². The lowest BCUT2D eigenvalue weighted by molar-refractivity contribution is -0.0297. The van der Waals surface area contributed by atoms with Gasteiger partial charge in [-0.15, -0.1) is 0 Å². The van der Waals surface area contributed by atoms with Gasteiger partial charge in [-0.05, 0) is 17.7 Å². The summed E-state index contributed by atoms with van der Waals surface area (Å²) in [5.41, 5.74) is 1.04. The van der Waals surface area contributed by atoms with Crippen LogP contribution in [0.15, 0.2) is 61.2 Å². The van der Waals surface area contributed by atoms with Gasteiger partial charge in [0, 0.05) is 15.6 Å². The van der Waals surface area contributed by atoms with Gasteiger partial charge in [0.25, 0.3) is 0 Å². The summed E-state index contributed by atoms with van der Waals surface area (Å²) in [6.45, 7) is 0.605. The number of ether oxygens (including phenoxy) is 2. The van der Waals surface area contributed by atoms with Crippen molar-refractivity contribution >= 4 is 23.2 Å². The minimum atomic E-state index is -0.771. The van der Waals surface area contributed by atoms with Crippen molar-refractivity contribution in [2.45, 2.75) is 18.2 Å². The van der Waals surface area contributed by atoms with Crippen LogP contribution in [0.5, 0.6) is 0 Å². The highest BCUT2D eigenvalue weighted by molar-refractivity contribution is 6.35. The first-order chi connectivity index (χ1) is 12.2. The van der Waals surface area contributed by atoms with Crippen LogP contribution in [0.4, 0.5) is 0 Å². The molecule has 2 aromatic carbocycles. The number of hydrogen-bond donors (Lipinski definition) is 0. The Hall–Kier alpha value is -1.92. The van der Waals surface area contributed by atoms with Gasteiger partial charge in [0.05, 0.1) is 6.54 Å². The Morgan fingerprint density at radius 1 is 1.16 bits per heavy atom. The first kappa shape index (κ1) is 16.5. The van der Waals surface area contributed by atoms with Gasteiger partial charge in [0.2, 0.25) is 0 Å². The van der Waals surface area contributed by atoms with Crippen LogP contribution in [0, 0.1) is 0 Å². The highest BCUT2D eigenvalue weighted by atomic mass is 35.5. The maximum Gasteiger partial charge on any atom is 0.149 e. The van der Waals surface area contributed by atoms with E-state index in [1.165, 1.54) is 6.33 Å². The molecule has 0 bridgehead atoms. The molecule has 2 atom stereocenters.